The van der Waals surface area contributed by atoms with E-state index >= 15 is 0 Å². The van der Waals surface area contributed by atoms with Crippen LogP contribution in [0, 0.1) is 5.92 Å². The van der Waals surface area contributed by atoms with Gasteiger partial charge < -0.3 is 10.2 Å². The van der Waals surface area contributed by atoms with E-state index in [1.807, 2.05) is 0 Å². The molecule has 1 saturated heterocycles. The van der Waals surface area contributed by atoms with Crippen LogP contribution in [-0.2, 0) is 4.79 Å². The molecule has 8 heteroatoms. The van der Waals surface area contributed by atoms with Crippen molar-refractivity contribution in [3.8, 4) is 0 Å². The van der Waals surface area contributed by atoms with Crippen LogP contribution < -0.4 is 5.32 Å². The fourth-order valence-electron chi connectivity index (χ4n) is 2.32. The van der Waals surface area contributed by atoms with Crippen molar-refractivity contribution in [3.63, 3.8) is 0 Å². The fourth-order valence-corrected chi connectivity index (χ4v) is 4.14. The summed E-state index contributed by atoms with van der Waals surface area (Å²) in [5.74, 6) is 1.37. The van der Waals surface area contributed by atoms with Crippen molar-refractivity contribution in [2.45, 2.75) is 36.4 Å². The molecule has 0 radical (unpaired) electrons. The summed E-state index contributed by atoms with van der Waals surface area (Å²) in [6, 6.07) is 0. The van der Waals surface area contributed by atoms with Crippen LogP contribution in [0.5, 0.6) is 0 Å². The van der Waals surface area contributed by atoms with Gasteiger partial charge in [-0.3, -0.25) is 4.79 Å². The number of carbonyl (C=O) groups is 1. The highest BCUT2D eigenvalue weighted by Crippen LogP contribution is 2.31. The first-order valence-electron chi connectivity index (χ1n) is 7.31. The standard InChI is InChI=1S/C13H20N4OS2.ClH/c18-11(10-4-5-10)14-12-15-16-13(20-12)19-9-8-17-6-2-1-3-7-17;/h10H,1-9H2,(H,14,15,18);1H. The molecule has 5 nitrogen and oxygen atoms in total. The third-order valence-corrected chi connectivity index (χ3v) is 5.62. The van der Waals surface area contributed by atoms with E-state index in [0.717, 1.165) is 29.5 Å². The number of anilines is 1. The summed E-state index contributed by atoms with van der Waals surface area (Å²) in [5, 5.41) is 11.7. The number of likely N-dealkylation sites (tertiary alicyclic amines) is 1. The van der Waals surface area contributed by atoms with Crippen molar-refractivity contribution in [1.29, 1.82) is 0 Å². The topological polar surface area (TPSA) is 58.1 Å². The fraction of sp³-hybridized carbons (Fsp3) is 0.769. The number of hydrogen-bond donors (Lipinski definition) is 1. The normalized spacial score (nSPS) is 19.0. The zero-order valence-electron chi connectivity index (χ0n) is 11.9. The number of halogens is 1. The molecule has 1 amide bonds. The Kier molecular flexibility index (Phi) is 6.73. The summed E-state index contributed by atoms with van der Waals surface area (Å²) in [6.07, 6.45) is 6.08. The predicted molar refractivity (Wildman–Crippen MR) is 89.5 cm³/mol. The molecule has 21 heavy (non-hydrogen) atoms. The molecule has 0 spiro atoms. The average Bonchev–Trinajstić information content (AvgIpc) is 3.23. The summed E-state index contributed by atoms with van der Waals surface area (Å²) in [7, 11) is 0. The van der Waals surface area contributed by atoms with Gasteiger partial charge >= 0.3 is 0 Å². The third kappa shape index (κ3) is 5.39. The smallest absolute Gasteiger partial charge is 0.229 e. The first-order valence-corrected chi connectivity index (χ1v) is 9.11. The first kappa shape index (κ1) is 17.0. The minimum atomic E-state index is 0. The Labute approximate surface area is 139 Å². The number of hydrogen-bond acceptors (Lipinski definition) is 6. The van der Waals surface area contributed by atoms with Crippen LogP contribution in [0.2, 0.25) is 0 Å². The zero-order valence-corrected chi connectivity index (χ0v) is 14.4. The first-order chi connectivity index (χ1) is 9.81. The molecule has 0 bridgehead atoms. The molecule has 2 aliphatic rings. The van der Waals surface area contributed by atoms with Gasteiger partial charge in [0.05, 0.1) is 0 Å². The minimum Gasteiger partial charge on any atom is -0.303 e. The van der Waals surface area contributed by atoms with E-state index in [0.29, 0.717) is 5.13 Å². The molecule has 0 atom stereocenters. The Balaban J connectivity index is 0.00000161. The molecular formula is C13H21ClN4OS2. The van der Waals surface area contributed by atoms with Crippen LogP contribution in [0.25, 0.3) is 0 Å². The van der Waals surface area contributed by atoms with Gasteiger partial charge in [-0.1, -0.05) is 29.5 Å². The predicted octanol–water partition coefficient (Wildman–Crippen LogP) is 2.89. The van der Waals surface area contributed by atoms with Crippen LogP contribution in [-0.4, -0.2) is 46.4 Å². The minimum absolute atomic E-state index is 0. The number of piperidine rings is 1. The van der Waals surface area contributed by atoms with Gasteiger partial charge in [0.25, 0.3) is 0 Å². The number of rotatable bonds is 6. The number of nitrogens with zero attached hydrogens (tertiary/aromatic N) is 3. The Hall–Kier alpha value is -0.370. The van der Waals surface area contributed by atoms with Crippen molar-refractivity contribution in [2.24, 2.45) is 5.92 Å². The van der Waals surface area contributed by atoms with Crippen molar-refractivity contribution in [3.05, 3.63) is 0 Å². The SMILES string of the molecule is Cl.O=C(Nc1nnc(SCCN2CCCCC2)s1)C1CC1. The Bertz CT molecular complexity index is 461. The van der Waals surface area contributed by atoms with Crippen molar-refractivity contribution in [2.75, 3.05) is 30.7 Å². The molecule has 2 heterocycles. The van der Waals surface area contributed by atoms with Crippen molar-refractivity contribution in [1.82, 2.24) is 15.1 Å². The van der Waals surface area contributed by atoms with E-state index in [9.17, 15) is 4.79 Å². The van der Waals surface area contributed by atoms with Crippen molar-refractivity contribution >= 4 is 46.5 Å². The second-order valence-electron chi connectivity index (χ2n) is 5.39. The lowest BCUT2D eigenvalue weighted by Gasteiger charge is -2.25. The molecule has 0 unspecified atom stereocenters. The van der Waals surface area contributed by atoms with Crippen LogP contribution in [0.1, 0.15) is 32.1 Å². The molecule has 0 aromatic carbocycles. The summed E-state index contributed by atoms with van der Waals surface area (Å²) in [6.45, 7) is 3.59. The summed E-state index contributed by atoms with van der Waals surface area (Å²) < 4.78 is 0.952. The highest BCUT2D eigenvalue weighted by Gasteiger charge is 2.30. The van der Waals surface area contributed by atoms with Gasteiger partial charge in [0.15, 0.2) is 4.34 Å². The molecule has 1 aromatic rings. The molecule has 1 aliphatic carbocycles. The van der Waals surface area contributed by atoms with Gasteiger partial charge in [-0.15, -0.1) is 22.6 Å². The number of amides is 1. The molecular weight excluding hydrogens is 328 g/mol. The lowest BCUT2D eigenvalue weighted by molar-refractivity contribution is -0.117. The number of carbonyl (C=O) groups excluding carboxylic acids is 1. The van der Waals surface area contributed by atoms with Crippen LogP contribution in [0.3, 0.4) is 0 Å². The van der Waals surface area contributed by atoms with E-state index in [4.69, 9.17) is 0 Å². The van der Waals surface area contributed by atoms with Crippen LogP contribution in [0.4, 0.5) is 5.13 Å². The van der Waals surface area contributed by atoms with Gasteiger partial charge in [0, 0.05) is 18.2 Å². The van der Waals surface area contributed by atoms with Crippen molar-refractivity contribution < 1.29 is 4.79 Å². The van der Waals surface area contributed by atoms with Crippen LogP contribution >= 0.6 is 35.5 Å². The Morgan fingerprint density at radius 2 is 2.05 bits per heavy atom. The van der Waals surface area contributed by atoms with E-state index < -0.39 is 0 Å². The average molecular weight is 349 g/mol. The maximum absolute atomic E-state index is 11.6. The number of nitrogens with one attached hydrogen (secondary N) is 1. The monoisotopic (exact) mass is 348 g/mol. The van der Waals surface area contributed by atoms with Gasteiger partial charge in [-0.05, 0) is 38.8 Å². The summed E-state index contributed by atoms with van der Waals surface area (Å²) in [5.41, 5.74) is 0. The maximum atomic E-state index is 11.6. The lowest BCUT2D eigenvalue weighted by atomic mass is 10.1. The second kappa shape index (κ2) is 8.31. The van der Waals surface area contributed by atoms with Crippen LogP contribution in [0.15, 0.2) is 4.34 Å². The Morgan fingerprint density at radius 1 is 1.29 bits per heavy atom. The van der Waals surface area contributed by atoms with E-state index in [2.05, 4.69) is 20.4 Å². The molecule has 1 aromatic heterocycles. The molecule has 1 saturated carbocycles. The highest BCUT2D eigenvalue weighted by atomic mass is 35.5. The summed E-state index contributed by atoms with van der Waals surface area (Å²) in [4.78, 5) is 14.1. The van der Waals surface area contributed by atoms with E-state index in [1.165, 1.54) is 43.7 Å². The van der Waals surface area contributed by atoms with Gasteiger partial charge in [-0.2, -0.15) is 0 Å². The van der Waals surface area contributed by atoms with Gasteiger partial charge in [0.2, 0.25) is 11.0 Å². The van der Waals surface area contributed by atoms with E-state index in [-0.39, 0.29) is 24.2 Å². The third-order valence-electron chi connectivity index (χ3n) is 3.67. The molecule has 2 fully saturated rings. The van der Waals surface area contributed by atoms with E-state index in [1.54, 1.807) is 11.8 Å². The lowest BCUT2D eigenvalue weighted by Crippen LogP contribution is -2.31. The number of thioether (sulfide) groups is 1. The Morgan fingerprint density at radius 3 is 2.76 bits per heavy atom. The highest BCUT2D eigenvalue weighted by molar-refractivity contribution is 8.01. The quantitative estimate of drug-likeness (QED) is 0.632. The molecule has 118 valence electrons. The van der Waals surface area contributed by atoms with Gasteiger partial charge in [-0.25, -0.2) is 0 Å². The van der Waals surface area contributed by atoms with Gasteiger partial charge in [0.1, 0.15) is 0 Å². The molecule has 1 aliphatic heterocycles. The maximum Gasteiger partial charge on any atom is 0.229 e. The zero-order chi connectivity index (χ0) is 13.8. The number of aromatic nitrogens is 2. The summed E-state index contributed by atoms with van der Waals surface area (Å²) >= 11 is 3.22. The molecule has 3 rings (SSSR count). The second-order valence-corrected chi connectivity index (χ2v) is 7.71. The molecule has 1 N–H and O–H groups in total. The largest absolute Gasteiger partial charge is 0.303 e.